The van der Waals surface area contributed by atoms with E-state index < -0.39 is 0 Å². The number of cyclic esters (lactones) is 1. The molecule has 4 heteroatoms. The molecule has 1 fully saturated rings. The molecule has 2 N–H and O–H groups in total. The van der Waals surface area contributed by atoms with Crippen LogP contribution in [0.1, 0.15) is 33.6 Å². The Labute approximate surface area is 85.4 Å². The molecule has 1 unspecified atom stereocenters. The van der Waals surface area contributed by atoms with Crippen molar-refractivity contribution in [2.45, 2.75) is 45.2 Å². The summed E-state index contributed by atoms with van der Waals surface area (Å²) in [5.74, 6) is 0. The van der Waals surface area contributed by atoms with Gasteiger partial charge in [0, 0.05) is 6.04 Å². The predicted octanol–water partition coefficient (Wildman–Crippen LogP) is 1.34. The molecular formula is C10H20N2O2. The number of ether oxygens (including phenoxy) is 1. The lowest BCUT2D eigenvalue weighted by Gasteiger charge is -2.34. The monoisotopic (exact) mass is 200 g/mol. The number of carbonyl (C=O) groups excluding carboxylic acids is 1. The molecule has 1 aliphatic rings. The molecule has 82 valence electrons. The Morgan fingerprint density at radius 3 is 2.79 bits per heavy atom. The van der Waals surface area contributed by atoms with Gasteiger partial charge in [-0.25, -0.2) is 4.79 Å². The maximum absolute atomic E-state index is 11.5. The summed E-state index contributed by atoms with van der Waals surface area (Å²) in [6, 6.07) is 0.188. The van der Waals surface area contributed by atoms with Crippen LogP contribution in [0.15, 0.2) is 0 Å². The van der Waals surface area contributed by atoms with Crippen LogP contribution in [0.5, 0.6) is 0 Å². The Hall–Kier alpha value is -0.770. The van der Waals surface area contributed by atoms with Crippen LogP contribution in [0.2, 0.25) is 0 Å². The third-order valence-electron chi connectivity index (χ3n) is 2.72. The van der Waals surface area contributed by atoms with Crippen molar-refractivity contribution in [1.82, 2.24) is 4.90 Å². The quantitative estimate of drug-likeness (QED) is 0.745. The number of carbonyl (C=O) groups is 1. The van der Waals surface area contributed by atoms with Crippen LogP contribution in [0, 0.1) is 0 Å². The lowest BCUT2D eigenvalue weighted by atomic mass is 9.94. The summed E-state index contributed by atoms with van der Waals surface area (Å²) in [5.41, 5.74) is 5.32. The standard InChI is InChI=1S/C10H20N2O2/c1-8(2)12-9(13)14-7-10(12,3)5-4-6-11/h8H,4-7,11H2,1-3H3. The Morgan fingerprint density at radius 2 is 2.29 bits per heavy atom. The Bertz CT molecular complexity index is 218. The minimum absolute atomic E-state index is 0.162. The Balaban J connectivity index is 2.70. The highest BCUT2D eigenvalue weighted by molar-refractivity contribution is 5.71. The molecule has 0 aromatic heterocycles. The summed E-state index contributed by atoms with van der Waals surface area (Å²) in [6.07, 6.45) is 1.64. The summed E-state index contributed by atoms with van der Waals surface area (Å²) >= 11 is 0. The fourth-order valence-corrected chi connectivity index (χ4v) is 2.09. The van der Waals surface area contributed by atoms with Gasteiger partial charge in [-0.15, -0.1) is 0 Å². The van der Waals surface area contributed by atoms with Crippen molar-refractivity contribution in [2.75, 3.05) is 13.2 Å². The van der Waals surface area contributed by atoms with Gasteiger partial charge < -0.3 is 10.5 Å². The van der Waals surface area contributed by atoms with Gasteiger partial charge in [0.25, 0.3) is 0 Å². The van der Waals surface area contributed by atoms with Gasteiger partial charge in [-0.05, 0) is 40.2 Å². The van der Waals surface area contributed by atoms with Crippen LogP contribution in [-0.4, -0.2) is 35.7 Å². The number of rotatable bonds is 4. The van der Waals surface area contributed by atoms with Crippen LogP contribution in [0.3, 0.4) is 0 Å². The van der Waals surface area contributed by atoms with Crippen LogP contribution in [0.4, 0.5) is 4.79 Å². The van der Waals surface area contributed by atoms with Crippen LogP contribution >= 0.6 is 0 Å². The van der Waals surface area contributed by atoms with E-state index in [0.29, 0.717) is 13.2 Å². The number of hydrogen-bond donors (Lipinski definition) is 1. The molecule has 0 aliphatic carbocycles. The molecule has 1 atom stereocenters. The zero-order valence-corrected chi connectivity index (χ0v) is 9.25. The van der Waals surface area contributed by atoms with Gasteiger partial charge in [0.05, 0.1) is 5.54 Å². The first-order valence-electron chi connectivity index (χ1n) is 5.17. The molecule has 1 amide bonds. The van der Waals surface area contributed by atoms with E-state index in [1.54, 1.807) is 0 Å². The Morgan fingerprint density at radius 1 is 1.64 bits per heavy atom. The zero-order valence-electron chi connectivity index (χ0n) is 9.25. The Kier molecular flexibility index (Phi) is 3.37. The second-order valence-corrected chi connectivity index (χ2v) is 4.41. The summed E-state index contributed by atoms with van der Waals surface area (Å²) in [6.45, 7) is 7.23. The van der Waals surface area contributed by atoms with Crippen molar-refractivity contribution >= 4 is 6.09 Å². The fraction of sp³-hybridized carbons (Fsp3) is 0.900. The third-order valence-corrected chi connectivity index (χ3v) is 2.72. The summed E-state index contributed by atoms with van der Waals surface area (Å²) in [4.78, 5) is 13.3. The summed E-state index contributed by atoms with van der Waals surface area (Å²) in [5, 5.41) is 0. The van der Waals surface area contributed by atoms with E-state index in [1.165, 1.54) is 0 Å². The lowest BCUT2D eigenvalue weighted by Crippen LogP contribution is -2.48. The molecule has 0 saturated carbocycles. The highest BCUT2D eigenvalue weighted by Crippen LogP contribution is 2.30. The minimum Gasteiger partial charge on any atom is -0.447 e. The van der Waals surface area contributed by atoms with Gasteiger partial charge in [-0.2, -0.15) is 0 Å². The third kappa shape index (κ3) is 2.00. The van der Waals surface area contributed by atoms with Crippen molar-refractivity contribution in [3.63, 3.8) is 0 Å². The average Bonchev–Trinajstić information content (AvgIpc) is 2.40. The molecule has 1 heterocycles. The largest absolute Gasteiger partial charge is 0.447 e. The fourth-order valence-electron chi connectivity index (χ4n) is 2.09. The summed E-state index contributed by atoms with van der Waals surface area (Å²) < 4.78 is 5.09. The van der Waals surface area contributed by atoms with Crippen molar-refractivity contribution in [1.29, 1.82) is 0 Å². The topological polar surface area (TPSA) is 55.6 Å². The lowest BCUT2D eigenvalue weighted by molar-refractivity contribution is 0.130. The van der Waals surface area contributed by atoms with Gasteiger partial charge in [0.2, 0.25) is 0 Å². The molecule has 14 heavy (non-hydrogen) atoms. The van der Waals surface area contributed by atoms with E-state index in [4.69, 9.17) is 10.5 Å². The van der Waals surface area contributed by atoms with Crippen molar-refractivity contribution in [3.05, 3.63) is 0 Å². The van der Waals surface area contributed by atoms with E-state index >= 15 is 0 Å². The van der Waals surface area contributed by atoms with E-state index in [1.807, 2.05) is 18.7 Å². The van der Waals surface area contributed by atoms with Crippen LogP contribution in [-0.2, 0) is 4.74 Å². The first kappa shape index (κ1) is 11.3. The first-order chi connectivity index (χ1) is 6.51. The zero-order chi connectivity index (χ0) is 10.8. The molecule has 0 aromatic rings. The van der Waals surface area contributed by atoms with Crippen molar-refractivity contribution in [3.8, 4) is 0 Å². The van der Waals surface area contributed by atoms with E-state index in [0.717, 1.165) is 12.8 Å². The molecule has 0 aromatic carbocycles. The second kappa shape index (κ2) is 4.17. The highest BCUT2D eigenvalue weighted by Gasteiger charge is 2.44. The van der Waals surface area contributed by atoms with E-state index in [-0.39, 0.29) is 17.7 Å². The molecular weight excluding hydrogens is 180 g/mol. The van der Waals surface area contributed by atoms with Gasteiger partial charge in [-0.1, -0.05) is 0 Å². The van der Waals surface area contributed by atoms with E-state index in [2.05, 4.69) is 6.92 Å². The minimum atomic E-state index is -0.195. The molecule has 0 bridgehead atoms. The van der Waals surface area contributed by atoms with Gasteiger partial charge in [-0.3, -0.25) is 4.90 Å². The number of nitrogens with zero attached hydrogens (tertiary/aromatic N) is 1. The predicted molar refractivity (Wildman–Crippen MR) is 55.0 cm³/mol. The normalized spacial score (nSPS) is 27.2. The van der Waals surface area contributed by atoms with Gasteiger partial charge >= 0.3 is 6.09 Å². The smallest absolute Gasteiger partial charge is 0.410 e. The molecule has 4 nitrogen and oxygen atoms in total. The SMILES string of the molecule is CC(C)N1C(=O)OCC1(C)CCCN. The van der Waals surface area contributed by atoms with Gasteiger partial charge in [0.1, 0.15) is 6.61 Å². The number of nitrogens with two attached hydrogens (primary N) is 1. The molecule has 0 spiro atoms. The highest BCUT2D eigenvalue weighted by atomic mass is 16.6. The molecule has 0 radical (unpaired) electrons. The number of hydrogen-bond acceptors (Lipinski definition) is 3. The molecule has 1 rings (SSSR count). The number of amides is 1. The first-order valence-corrected chi connectivity index (χ1v) is 5.17. The van der Waals surface area contributed by atoms with Crippen LogP contribution in [0.25, 0.3) is 0 Å². The molecule has 1 aliphatic heterocycles. The van der Waals surface area contributed by atoms with Gasteiger partial charge in [0.15, 0.2) is 0 Å². The van der Waals surface area contributed by atoms with Crippen LogP contribution < -0.4 is 5.73 Å². The van der Waals surface area contributed by atoms with Crippen molar-refractivity contribution < 1.29 is 9.53 Å². The average molecular weight is 200 g/mol. The van der Waals surface area contributed by atoms with Crippen molar-refractivity contribution in [2.24, 2.45) is 5.73 Å². The summed E-state index contributed by atoms with van der Waals surface area (Å²) in [7, 11) is 0. The molecule has 1 saturated heterocycles. The van der Waals surface area contributed by atoms with E-state index in [9.17, 15) is 4.79 Å². The second-order valence-electron chi connectivity index (χ2n) is 4.41. The maximum Gasteiger partial charge on any atom is 0.410 e. The maximum atomic E-state index is 11.5.